The summed E-state index contributed by atoms with van der Waals surface area (Å²) in [7, 11) is 0. The van der Waals surface area contributed by atoms with Crippen LogP contribution in [-0.4, -0.2) is 34.4 Å². The van der Waals surface area contributed by atoms with Crippen LogP contribution in [-0.2, 0) is 19.3 Å². The largest absolute Gasteiger partial charge is 0.478 e. The van der Waals surface area contributed by atoms with Gasteiger partial charge < -0.3 is 19.7 Å². The van der Waals surface area contributed by atoms with Crippen molar-refractivity contribution in [1.82, 2.24) is 0 Å². The third-order valence-corrected chi connectivity index (χ3v) is 7.03. The van der Waals surface area contributed by atoms with Crippen molar-refractivity contribution in [3.63, 3.8) is 0 Å². The lowest BCUT2D eigenvalue weighted by Crippen LogP contribution is -2.13. The highest BCUT2D eigenvalue weighted by molar-refractivity contribution is 6.22. The lowest BCUT2D eigenvalue weighted by Gasteiger charge is -2.28. The smallest absolute Gasteiger partial charge is 0.335 e. The van der Waals surface area contributed by atoms with Crippen LogP contribution in [0.15, 0.2) is 107 Å². The summed E-state index contributed by atoms with van der Waals surface area (Å²) in [6.45, 7) is 6.10. The van der Waals surface area contributed by atoms with E-state index in [1.54, 1.807) is 32.0 Å². The number of benzene rings is 5. The zero-order valence-corrected chi connectivity index (χ0v) is 24.6. The highest BCUT2D eigenvalue weighted by Gasteiger charge is 2.20. The Balaban J connectivity index is 1.77. The quantitative estimate of drug-likeness (QED) is 0.0854. The first-order valence-electron chi connectivity index (χ1n) is 13.8. The average Bonchev–Trinajstić information content (AvgIpc) is 3.02. The lowest BCUT2D eigenvalue weighted by atomic mass is 9.94. The summed E-state index contributed by atoms with van der Waals surface area (Å²) in [6, 6.07) is 30.1. The van der Waals surface area contributed by atoms with Crippen molar-refractivity contribution in [3.8, 4) is 0 Å². The molecule has 5 aromatic carbocycles. The van der Waals surface area contributed by atoms with Gasteiger partial charge in [0.25, 0.3) is 0 Å². The van der Waals surface area contributed by atoms with E-state index in [9.17, 15) is 19.5 Å². The number of rotatable bonds is 8. The predicted octanol–water partition coefficient (Wildman–Crippen LogP) is 7.74. The monoisotopic (exact) mass is 587 g/mol. The normalized spacial score (nSPS) is 11.8. The van der Waals surface area contributed by atoms with Gasteiger partial charge in [-0.05, 0) is 66.6 Å². The summed E-state index contributed by atoms with van der Waals surface area (Å²) in [6.07, 6.45) is 0. The number of carboxylic acid groups (broad SMARTS) is 1. The SMILES string of the molecule is CC(=O)O/N=C(/C)c1ccc(N(c2cccc(C(=O)O)c2)c2ccc(/C(C)=N/OC(C)=O)c3c2ccc2ccccc23)cc1. The number of aromatic carboxylic acids is 1. The second-order valence-electron chi connectivity index (χ2n) is 10.1. The fraction of sp³-hybridized carbons (Fsp3) is 0.114. The Kier molecular flexibility index (Phi) is 8.48. The van der Waals surface area contributed by atoms with E-state index in [1.807, 2.05) is 83.8 Å². The molecule has 5 aromatic rings. The molecule has 9 nitrogen and oxygen atoms in total. The number of hydrogen-bond donors (Lipinski definition) is 1. The second-order valence-corrected chi connectivity index (χ2v) is 10.1. The van der Waals surface area contributed by atoms with Crippen LogP contribution in [0.4, 0.5) is 17.1 Å². The van der Waals surface area contributed by atoms with Gasteiger partial charge in [-0.1, -0.05) is 71.0 Å². The first-order chi connectivity index (χ1) is 21.1. The first-order valence-corrected chi connectivity index (χ1v) is 13.8. The number of carbonyl (C=O) groups is 3. The van der Waals surface area contributed by atoms with E-state index < -0.39 is 17.9 Å². The number of oxime groups is 2. The number of carboxylic acids is 1. The minimum atomic E-state index is -1.04. The summed E-state index contributed by atoms with van der Waals surface area (Å²) in [4.78, 5) is 46.4. The van der Waals surface area contributed by atoms with Crippen molar-refractivity contribution in [2.45, 2.75) is 27.7 Å². The van der Waals surface area contributed by atoms with Crippen LogP contribution in [0.1, 0.15) is 49.2 Å². The average molecular weight is 588 g/mol. The number of fused-ring (bicyclic) bond motifs is 3. The van der Waals surface area contributed by atoms with E-state index in [0.717, 1.165) is 44.0 Å². The summed E-state index contributed by atoms with van der Waals surface area (Å²) in [5, 5.41) is 21.5. The number of nitrogens with zero attached hydrogens (tertiary/aromatic N) is 3. The highest BCUT2D eigenvalue weighted by Crippen LogP contribution is 2.42. The molecular formula is C35H29N3O6. The van der Waals surface area contributed by atoms with Gasteiger partial charge in [0.05, 0.1) is 22.7 Å². The van der Waals surface area contributed by atoms with Crippen molar-refractivity contribution in [2.75, 3.05) is 4.90 Å². The van der Waals surface area contributed by atoms with Gasteiger partial charge in [-0.2, -0.15) is 0 Å². The molecule has 0 aliphatic rings. The summed E-state index contributed by atoms with van der Waals surface area (Å²) in [5.74, 6) is -2.07. The van der Waals surface area contributed by atoms with Crippen LogP contribution < -0.4 is 4.90 Å². The predicted molar refractivity (Wildman–Crippen MR) is 171 cm³/mol. The highest BCUT2D eigenvalue weighted by atomic mass is 16.7. The molecule has 0 radical (unpaired) electrons. The molecule has 0 atom stereocenters. The van der Waals surface area contributed by atoms with Gasteiger partial charge in [0.15, 0.2) is 0 Å². The van der Waals surface area contributed by atoms with Crippen LogP contribution in [0, 0.1) is 0 Å². The number of carbonyl (C=O) groups excluding carboxylic acids is 2. The van der Waals surface area contributed by atoms with Gasteiger partial charge in [0.2, 0.25) is 0 Å². The molecule has 0 saturated heterocycles. The molecule has 0 saturated carbocycles. The van der Waals surface area contributed by atoms with Gasteiger partial charge >= 0.3 is 17.9 Å². The molecule has 0 amide bonds. The van der Waals surface area contributed by atoms with E-state index in [1.165, 1.54) is 13.8 Å². The fourth-order valence-corrected chi connectivity index (χ4v) is 5.03. The molecule has 0 aromatic heterocycles. The summed E-state index contributed by atoms with van der Waals surface area (Å²) >= 11 is 0. The van der Waals surface area contributed by atoms with E-state index in [0.29, 0.717) is 17.1 Å². The third-order valence-electron chi connectivity index (χ3n) is 7.03. The topological polar surface area (TPSA) is 118 Å². The van der Waals surface area contributed by atoms with Gasteiger partial charge in [-0.3, -0.25) is 0 Å². The molecular weight excluding hydrogens is 558 g/mol. The minimum Gasteiger partial charge on any atom is -0.478 e. The Morgan fingerprint density at radius 2 is 1.32 bits per heavy atom. The number of hydrogen-bond acceptors (Lipinski definition) is 8. The molecule has 0 spiro atoms. The molecule has 0 fully saturated rings. The minimum absolute atomic E-state index is 0.143. The summed E-state index contributed by atoms with van der Waals surface area (Å²) in [5.41, 5.74) is 4.90. The molecule has 1 N–H and O–H groups in total. The van der Waals surface area contributed by atoms with Gasteiger partial charge in [-0.15, -0.1) is 0 Å². The van der Waals surface area contributed by atoms with Crippen molar-refractivity contribution >= 4 is 67.9 Å². The van der Waals surface area contributed by atoms with Crippen LogP contribution in [0.2, 0.25) is 0 Å². The first kappa shape index (κ1) is 29.7. The Bertz CT molecular complexity index is 1980. The van der Waals surface area contributed by atoms with Crippen molar-refractivity contribution in [2.24, 2.45) is 10.3 Å². The second kappa shape index (κ2) is 12.6. The van der Waals surface area contributed by atoms with E-state index in [2.05, 4.69) is 10.3 Å². The van der Waals surface area contributed by atoms with Gasteiger partial charge in [-0.25, -0.2) is 14.4 Å². The zero-order chi connectivity index (χ0) is 31.4. The molecule has 0 bridgehead atoms. The maximum absolute atomic E-state index is 11.9. The van der Waals surface area contributed by atoms with Crippen molar-refractivity contribution in [3.05, 3.63) is 114 Å². The maximum Gasteiger partial charge on any atom is 0.335 e. The summed E-state index contributed by atoms with van der Waals surface area (Å²) < 4.78 is 0. The maximum atomic E-state index is 11.9. The Labute approximate surface area is 253 Å². The zero-order valence-electron chi connectivity index (χ0n) is 24.6. The molecule has 220 valence electrons. The number of anilines is 3. The third kappa shape index (κ3) is 6.17. The molecule has 44 heavy (non-hydrogen) atoms. The lowest BCUT2D eigenvalue weighted by molar-refractivity contribution is -0.141. The van der Waals surface area contributed by atoms with Gasteiger partial charge in [0.1, 0.15) is 0 Å². The van der Waals surface area contributed by atoms with E-state index in [-0.39, 0.29) is 5.56 Å². The molecule has 0 unspecified atom stereocenters. The molecule has 5 rings (SSSR count). The molecule has 0 aliphatic carbocycles. The van der Waals surface area contributed by atoms with Crippen LogP contribution >= 0.6 is 0 Å². The fourth-order valence-electron chi connectivity index (χ4n) is 5.03. The van der Waals surface area contributed by atoms with E-state index >= 15 is 0 Å². The van der Waals surface area contributed by atoms with E-state index in [4.69, 9.17) is 9.68 Å². The molecule has 0 aliphatic heterocycles. The Hall–Kier alpha value is -5.83. The van der Waals surface area contributed by atoms with Crippen molar-refractivity contribution < 1.29 is 29.2 Å². The van der Waals surface area contributed by atoms with Crippen molar-refractivity contribution in [1.29, 1.82) is 0 Å². The molecule has 9 heteroatoms. The standard InChI is InChI=1S/C35H29N3O6/c1-21(36-43-23(3)39)25-12-15-28(16-13-25)38(29-10-7-9-27(20-29)35(41)42)33-19-18-30(22(2)37-44-24(4)40)34-31-11-6-5-8-26(31)14-17-32(33)34/h5-20H,1-4H3,(H,41,42)/b36-21-,37-22+. The Morgan fingerprint density at radius 3 is 2.00 bits per heavy atom. The Morgan fingerprint density at radius 1 is 0.636 bits per heavy atom. The molecule has 0 heterocycles. The van der Waals surface area contributed by atoms with Crippen LogP contribution in [0.5, 0.6) is 0 Å². The van der Waals surface area contributed by atoms with Gasteiger partial charge in [0, 0.05) is 41.6 Å². The van der Waals surface area contributed by atoms with Crippen LogP contribution in [0.3, 0.4) is 0 Å². The van der Waals surface area contributed by atoms with Crippen LogP contribution in [0.25, 0.3) is 21.5 Å².